The minimum absolute atomic E-state index is 0.587. The molecule has 78 valence electrons. The molecule has 0 radical (unpaired) electrons. The molecule has 1 fully saturated rings. The van der Waals surface area contributed by atoms with E-state index in [2.05, 4.69) is 10.4 Å². The lowest BCUT2D eigenvalue weighted by Crippen LogP contribution is -2.00. The lowest BCUT2D eigenvalue weighted by atomic mass is 10.0. The summed E-state index contributed by atoms with van der Waals surface area (Å²) in [5.41, 5.74) is 6.63. The Morgan fingerprint density at radius 3 is 2.57 bits per heavy atom. The Labute approximate surface area is 89.5 Å². The van der Waals surface area contributed by atoms with Crippen LogP contribution in [-0.4, -0.2) is 4.98 Å². The molecule has 2 rings (SSSR count). The molecule has 0 atom stereocenters. The van der Waals surface area contributed by atoms with Gasteiger partial charge in [-0.1, -0.05) is 25.7 Å². The quantitative estimate of drug-likeness (QED) is 0.762. The van der Waals surface area contributed by atoms with E-state index in [0.717, 1.165) is 11.6 Å². The van der Waals surface area contributed by atoms with E-state index in [9.17, 15) is 0 Å². The van der Waals surface area contributed by atoms with Crippen LogP contribution in [0.3, 0.4) is 0 Å². The van der Waals surface area contributed by atoms with Crippen LogP contribution in [-0.2, 0) is 6.54 Å². The van der Waals surface area contributed by atoms with Gasteiger partial charge in [-0.05, 0) is 12.8 Å². The molecule has 1 heterocycles. The second kappa shape index (κ2) is 4.89. The van der Waals surface area contributed by atoms with Gasteiger partial charge in [-0.3, -0.25) is 0 Å². The average molecular weight is 210 g/mol. The van der Waals surface area contributed by atoms with Gasteiger partial charge in [0.1, 0.15) is 0 Å². The fourth-order valence-electron chi connectivity index (χ4n) is 2.13. The van der Waals surface area contributed by atoms with Gasteiger partial charge in [0.05, 0.1) is 10.7 Å². The summed E-state index contributed by atoms with van der Waals surface area (Å²) in [4.78, 5) is 4.59. The van der Waals surface area contributed by atoms with Gasteiger partial charge in [-0.25, -0.2) is 4.98 Å². The van der Waals surface area contributed by atoms with E-state index in [0.29, 0.717) is 6.54 Å². The number of nitrogens with zero attached hydrogens (tertiary/aromatic N) is 1. The highest BCUT2D eigenvalue weighted by atomic mass is 32.1. The largest absolute Gasteiger partial charge is 0.325 e. The van der Waals surface area contributed by atoms with Gasteiger partial charge in [0.2, 0.25) is 0 Å². The summed E-state index contributed by atoms with van der Waals surface area (Å²) in [5.74, 6) is 0.725. The van der Waals surface area contributed by atoms with Crippen molar-refractivity contribution in [2.75, 3.05) is 0 Å². The van der Waals surface area contributed by atoms with Crippen molar-refractivity contribution >= 4 is 11.3 Å². The van der Waals surface area contributed by atoms with Gasteiger partial charge < -0.3 is 5.73 Å². The van der Waals surface area contributed by atoms with Gasteiger partial charge in [-0.2, -0.15) is 0 Å². The van der Waals surface area contributed by atoms with Gasteiger partial charge in [0.25, 0.3) is 0 Å². The molecule has 0 aliphatic heterocycles. The van der Waals surface area contributed by atoms with E-state index in [1.54, 1.807) is 11.3 Å². The van der Waals surface area contributed by atoms with E-state index in [-0.39, 0.29) is 0 Å². The van der Waals surface area contributed by atoms with Crippen molar-refractivity contribution in [2.24, 2.45) is 5.73 Å². The maximum atomic E-state index is 5.57. The van der Waals surface area contributed by atoms with Gasteiger partial charge in [-0.15, -0.1) is 11.3 Å². The number of nitrogens with two attached hydrogens (primary N) is 1. The highest BCUT2D eigenvalue weighted by Gasteiger charge is 2.17. The Morgan fingerprint density at radius 2 is 2.00 bits per heavy atom. The van der Waals surface area contributed by atoms with E-state index < -0.39 is 0 Å². The first-order valence-electron chi connectivity index (χ1n) is 5.54. The maximum absolute atomic E-state index is 5.57. The molecular formula is C11H18N2S. The number of rotatable bonds is 2. The van der Waals surface area contributed by atoms with Crippen LogP contribution in [0.5, 0.6) is 0 Å². The predicted molar refractivity (Wildman–Crippen MR) is 60.4 cm³/mol. The monoisotopic (exact) mass is 210 g/mol. The number of hydrogen-bond donors (Lipinski definition) is 1. The highest BCUT2D eigenvalue weighted by molar-refractivity contribution is 7.09. The first-order valence-corrected chi connectivity index (χ1v) is 6.42. The van der Waals surface area contributed by atoms with Crippen LogP contribution in [0.4, 0.5) is 0 Å². The van der Waals surface area contributed by atoms with Gasteiger partial charge in [0, 0.05) is 17.8 Å². The summed E-state index contributed by atoms with van der Waals surface area (Å²) >= 11 is 1.80. The third-order valence-electron chi connectivity index (χ3n) is 2.98. The highest BCUT2D eigenvalue weighted by Crippen LogP contribution is 2.33. The minimum atomic E-state index is 0.587. The van der Waals surface area contributed by atoms with Crippen molar-refractivity contribution in [1.82, 2.24) is 4.98 Å². The molecule has 2 nitrogen and oxygen atoms in total. The maximum Gasteiger partial charge on any atom is 0.0959 e. The summed E-state index contributed by atoms with van der Waals surface area (Å²) in [6.45, 7) is 0.587. The zero-order valence-electron chi connectivity index (χ0n) is 8.54. The van der Waals surface area contributed by atoms with Crippen LogP contribution >= 0.6 is 11.3 Å². The van der Waals surface area contributed by atoms with Crippen molar-refractivity contribution in [3.05, 3.63) is 16.1 Å². The topological polar surface area (TPSA) is 38.9 Å². The van der Waals surface area contributed by atoms with E-state index >= 15 is 0 Å². The Kier molecular flexibility index (Phi) is 3.54. The van der Waals surface area contributed by atoms with Crippen molar-refractivity contribution < 1.29 is 0 Å². The van der Waals surface area contributed by atoms with Crippen molar-refractivity contribution in [1.29, 1.82) is 0 Å². The Bertz CT molecular complexity index is 275. The number of thiazole rings is 1. The molecule has 0 spiro atoms. The minimum Gasteiger partial charge on any atom is -0.325 e. The fourth-order valence-corrected chi connectivity index (χ4v) is 3.13. The first kappa shape index (κ1) is 10.1. The standard InChI is InChI=1S/C11H18N2S/c12-7-10-8-14-11(13-10)9-5-3-1-2-4-6-9/h8-9H,1-7,12H2. The third-order valence-corrected chi connectivity index (χ3v) is 4.04. The number of aromatic nitrogens is 1. The molecule has 3 heteroatoms. The second-order valence-corrected chi connectivity index (χ2v) is 4.96. The summed E-state index contributed by atoms with van der Waals surface area (Å²) in [6.07, 6.45) is 8.23. The molecule has 0 amide bonds. The van der Waals surface area contributed by atoms with E-state index in [4.69, 9.17) is 5.73 Å². The molecule has 1 aliphatic carbocycles. The zero-order valence-corrected chi connectivity index (χ0v) is 9.35. The smallest absolute Gasteiger partial charge is 0.0959 e. The van der Waals surface area contributed by atoms with Gasteiger partial charge >= 0.3 is 0 Å². The summed E-state index contributed by atoms with van der Waals surface area (Å²) in [6, 6.07) is 0. The molecule has 1 aliphatic rings. The summed E-state index contributed by atoms with van der Waals surface area (Å²) in [7, 11) is 0. The third kappa shape index (κ3) is 2.34. The predicted octanol–water partition coefficient (Wildman–Crippen LogP) is 3.04. The molecular weight excluding hydrogens is 192 g/mol. The first-order chi connectivity index (χ1) is 6.90. The lowest BCUT2D eigenvalue weighted by molar-refractivity contribution is 0.587. The molecule has 0 aromatic carbocycles. The Balaban J connectivity index is 2.04. The van der Waals surface area contributed by atoms with Crippen molar-refractivity contribution in [3.8, 4) is 0 Å². The average Bonchev–Trinajstić information content (AvgIpc) is 2.53. The Hall–Kier alpha value is -0.410. The Morgan fingerprint density at radius 1 is 1.29 bits per heavy atom. The molecule has 1 saturated carbocycles. The molecule has 0 unspecified atom stereocenters. The SMILES string of the molecule is NCc1csc(C2CCCCCC2)n1. The van der Waals surface area contributed by atoms with Crippen molar-refractivity contribution in [3.63, 3.8) is 0 Å². The molecule has 14 heavy (non-hydrogen) atoms. The molecule has 0 bridgehead atoms. The molecule has 2 N–H and O–H groups in total. The molecule has 0 saturated heterocycles. The fraction of sp³-hybridized carbons (Fsp3) is 0.727. The molecule has 1 aromatic heterocycles. The second-order valence-electron chi connectivity index (χ2n) is 4.07. The van der Waals surface area contributed by atoms with Gasteiger partial charge in [0.15, 0.2) is 0 Å². The zero-order chi connectivity index (χ0) is 9.80. The van der Waals surface area contributed by atoms with Crippen LogP contribution in [0.2, 0.25) is 0 Å². The van der Waals surface area contributed by atoms with Crippen LogP contribution < -0.4 is 5.73 Å². The van der Waals surface area contributed by atoms with E-state index in [1.807, 2.05) is 0 Å². The van der Waals surface area contributed by atoms with Crippen LogP contribution in [0.1, 0.15) is 55.1 Å². The lowest BCUT2D eigenvalue weighted by Gasteiger charge is -2.09. The van der Waals surface area contributed by atoms with Crippen molar-refractivity contribution in [2.45, 2.75) is 51.0 Å². The summed E-state index contributed by atoms with van der Waals surface area (Å²) in [5, 5.41) is 3.44. The number of hydrogen-bond acceptors (Lipinski definition) is 3. The van der Waals surface area contributed by atoms with Crippen LogP contribution in [0, 0.1) is 0 Å². The molecule has 1 aromatic rings. The normalized spacial score (nSPS) is 19.5. The summed E-state index contributed by atoms with van der Waals surface area (Å²) < 4.78 is 0. The van der Waals surface area contributed by atoms with Crippen LogP contribution in [0.25, 0.3) is 0 Å². The van der Waals surface area contributed by atoms with Crippen LogP contribution in [0.15, 0.2) is 5.38 Å². The van der Waals surface area contributed by atoms with E-state index in [1.165, 1.54) is 43.5 Å².